The van der Waals surface area contributed by atoms with Gasteiger partial charge in [-0.1, -0.05) is 0 Å². The van der Waals surface area contributed by atoms with Gasteiger partial charge in [-0.25, -0.2) is 0 Å². The normalized spacial score (nSPS) is 18.4. The molecule has 1 heterocycles. The quantitative estimate of drug-likeness (QED) is 0.900. The first kappa shape index (κ1) is 14.7. The molecule has 0 aromatic heterocycles. The van der Waals surface area contributed by atoms with Gasteiger partial charge in [0.1, 0.15) is 11.5 Å². The van der Waals surface area contributed by atoms with E-state index in [1.807, 2.05) is 0 Å². The lowest BCUT2D eigenvalue weighted by Gasteiger charge is -2.22. The van der Waals surface area contributed by atoms with E-state index in [-0.39, 0.29) is 12.0 Å². The maximum Gasteiger partial charge on any atom is 0.227 e. The third kappa shape index (κ3) is 3.87. The molecule has 5 nitrogen and oxygen atoms in total. The van der Waals surface area contributed by atoms with Gasteiger partial charge >= 0.3 is 0 Å². The van der Waals surface area contributed by atoms with E-state index in [1.165, 1.54) is 0 Å². The van der Waals surface area contributed by atoms with Gasteiger partial charge in [-0.2, -0.15) is 0 Å². The maximum atomic E-state index is 12.0. The highest BCUT2D eigenvalue weighted by molar-refractivity contribution is 5.92. The second-order valence-corrected chi connectivity index (χ2v) is 4.81. The fourth-order valence-corrected chi connectivity index (χ4v) is 2.28. The van der Waals surface area contributed by atoms with E-state index >= 15 is 0 Å². The van der Waals surface area contributed by atoms with E-state index < -0.39 is 0 Å². The first-order chi connectivity index (χ1) is 9.72. The molecule has 5 heteroatoms. The lowest BCUT2D eigenvalue weighted by Crippen LogP contribution is -2.25. The van der Waals surface area contributed by atoms with Crippen molar-refractivity contribution in [1.29, 1.82) is 0 Å². The Labute approximate surface area is 119 Å². The third-order valence-corrected chi connectivity index (χ3v) is 3.37. The van der Waals surface area contributed by atoms with Crippen LogP contribution < -0.4 is 14.8 Å². The van der Waals surface area contributed by atoms with Gasteiger partial charge in [-0.3, -0.25) is 4.79 Å². The van der Waals surface area contributed by atoms with Crippen LogP contribution in [0.3, 0.4) is 0 Å². The van der Waals surface area contributed by atoms with Gasteiger partial charge in [0.25, 0.3) is 0 Å². The number of methoxy groups -OCH3 is 2. The van der Waals surface area contributed by atoms with Gasteiger partial charge in [0.15, 0.2) is 0 Å². The lowest BCUT2D eigenvalue weighted by atomic mass is 10.1. The summed E-state index contributed by atoms with van der Waals surface area (Å²) in [6.45, 7) is 0.754. The Hall–Kier alpha value is -1.75. The van der Waals surface area contributed by atoms with E-state index in [1.54, 1.807) is 32.4 Å². The molecule has 1 atom stereocenters. The second kappa shape index (κ2) is 7.14. The van der Waals surface area contributed by atoms with Crippen LogP contribution in [0.4, 0.5) is 5.69 Å². The molecule has 1 aliphatic heterocycles. The van der Waals surface area contributed by atoms with Crippen LogP contribution in [0, 0.1) is 0 Å². The molecule has 110 valence electrons. The Morgan fingerprint density at radius 3 is 2.85 bits per heavy atom. The van der Waals surface area contributed by atoms with Crippen LogP contribution in [0.25, 0.3) is 0 Å². The van der Waals surface area contributed by atoms with Crippen LogP contribution in [-0.2, 0) is 9.53 Å². The summed E-state index contributed by atoms with van der Waals surface area (Å²) in [6, 6.07) is 5.30. The van der Waals surface area contributed by atoms with E-state index in [4.69, 9.17) is 14.2 Å². The molecule has 0 bridgehead atoms. The van der Waals surface area contributed by atoms with Crippen LogP contribution in [-0.4, -0.2) is 32.8 Å². The van der Waals surface area contributed by atoms with Crippen LogP contribution in [0.5, 0.6) is 11.5 Å². The molecule has 1 unspecified atom stereocenters. The van der Waals surface area contributed by atoms with Crippen molar-refractivity contribution < 1.29 is 19.0 Å². The van der Waals surface area contributed by atoms with Crippen LogP contribution >= 0.6 is 0 Å². The molecule has 0 spiro atoms. The topological polar surface area (TPSA) is 56.8 Å². The molecular formula is C15H21NO4. The first-order valence-corrected chi connectivity index (χ1v) is 6.86. The maximum absolute atomic E-state index is 12.0. The summed E-state index contributed by atoms with van der Waals surface area (Å²) in [5.41, 5.74) is 0.647. The minimum atomic E-state index is -0.0552. The Morgan fingerprint density at radius 1 is 1.35 bits per heavy atom. The van der Waals surface area contributed by atoms with Gasteiger partial charge in [-0.05, 0) is 31.4 Å². The van der Waals surface area contributed by atoms with Crippen molar-refractivity contribution in [3.05, 3.63) is 18.2 Å². The molecule has 1 saturated heterocycles. The Bertz CT molecular complexity index is 455. The van der Waals surface area contributed by atoms with Gasteiger partial charge in [0, 0.05) is 12.7 Å². The Balaban J connectivity index is 1.96. The monoisotopic (exact) mass is 279 g/mol. The summed E-state index contributed by atoms with van der Waals surface area (Å²) in [5, 5.41) is 2.86. The molecule has 1 amide bonds. The minimum absolute atomic E-state index is 0.0352. The van der Waals surface area contributed by atoms with E-state index in [0.717, 1.165) is 25.9 Å². The van der Waals surface area contributed by atoms with E-state index in [2.05, 4.69) is 5.32 Å². The van der Waals surface area contributed by atoms with Crippen molar-refractivity contribution in [2.24, 2.45) is 0 Å². The highest BCUT2D eigenvalue weighted by atomic mass is 16.5. The van der Waals surface area contributed by atoms with Crippen molar-refractivity contribution in [3.63, 3.8) is 0 Å². The van der Waals surface area contributed by atoms with Gasteiger partial charge in [-0.15, -0.1) is 0 Å². The fourth-order valence-electron chi connectivity index (χ4n) is 2.28. The molecular weight excluding hydrogens is 258 g/mol. The molecule has 0 radical (unpaired) electrons. The molecule has 1 N–H and O–H groups in total. The number of hydrogen-bond acceptors (Lipinski definition) is 4. The predicted octanol–water partition coefficient (Wildman–Crippen LogP) is 2.60. The van der Waals surface area contributed by atoms with Crippen LogP contribution in [0.2, 0.25) is 0 Å². The smallest absolute Gasteiger partial charge is 0.227 e. The highest BCUT2D eigenvalue weighted by Crippen LogP contribution is 2.29. The number of nitrogens with one attached hydrogen (secondary N) is 1. The zero-order valence-electron chi connectivity index (χ0n) is 12.0. The third-order valence-electron chi connectivity index (χ3n) is 3.37. The number of amides is 1. The Kier molecular flexibility index (Phi) is 5.24. The summed E-state index contributed by atoms with van der Waals surface area (Å²) < 4.78 is 15.9. The van der Waals surface area contributed by atoms with Crippen LogP contribution in [0.1, 0.15) is 25.7 Å². The van der Waals surface area contributed by atoms with Crippen molar-refractivity contribution in [3.8, 4) is 11.5 Å². The first-order valence-electron chi connectivity index (χ1n) is 6.86. The van der Waals surface area contributed by atoms with Crippen molar-refractivity contribution in [2.75, 3.05) is 26.1 Å². The largest absolute Gasteiger partial charge is 0.497 e. The summed E-state index contributed by atoms with van der Waals surface area (Å²) >= 11 is 0. The van der Waals surface area contributed by atoms with Crippen LogP contribution in [0.15, 0.2) is 18.2 Å². The van der Waals surface area contributed by atoms with Crippen molar-refractivity contribution >= 4 is 11.6 Å². The van der Waals surface area contributed by atoms with E-state index in [0.29, 0.717) is 23.6 Å². The number of carbonyl (C=O) groups excluding carboxylic acids is 1. The van der Waals surface area contributed by atoms with Crippen molar-refractivity contribution in [2.45, 2.75) is 31.8 Å². The fraction of sp³-hybridized carbons (Fsp3) is 0.533. The number of hydrogen-bond donors (Lipinski definition) is 1. The number of anilines is 1. The Morgan fingerprint density at radius 2 is 2.20 bits per heavy atom. The van der Waals surface area contributed by atoms with Crippen molar-refractivity contribution in [1.82, 2.24) is 0 Å². The average molecular weight is 279 g/mol. The standard InChI is InChI=1S/C15H21NO4/c1-18-11-6-7-13(14(9-11)19-2)16-15(17)10-12-5-3-4-8-20-12/h6-7,9,12H,3-5,8,10H2,1-2H3,(H,16,17). The summed E-state index contributed by atoms with van der Waals surface area (Å²) in [4.78, 5) is 12.0. The second-order valence-electron chi connectivity index (χ2n) is 4.81. The molecule has 1 aliphatic rings. The summed E-state index contributed by atoms with van der Waals surface area (Å²) in [6.07, 6.45) is 3.59. The summed E-state index contributed by atoms with van der Waals surface area (Å²) in [7, 11) is 3.15. The molecule has 20 heavy (non-hydrogen) atoms. The van der Waals surface area contributed by atoms with Gasteiger partial charge in [0.2, 0.25) is 5.91 Å². The molecule has 0 saturated carbocycles. The zero-order chi connectivity index (χ0) is 14.4. The SMILES string of the molecule is COc1ccc(NC(=O)CC2CCCCO2)c(OC)c1. The van der Waals surface area contributed by atoms with E-state index in [9.17, 15) is 4.79 Å². The molecule has 1 aromatic carbocycles. The van der Waals surface area contributed by atoms with Gasteiger partial charge in [0.05, 0.1) is 32.4 Å². The molecule has 1 aromatic rings. The number of benzene rings is 1. The highest BCUT2D eigenvalue weighted by Gasteiger charge is 2.18. The van der Waals surface area contributed by atoms with Gasteiger partial charge < -0.3 is 19.5 Å². The zero-order valence-corrected chi connectivity index (χ0v) is 12.0. The molecule has 0 aliphatic carbocycles. The average Bonchev–Trinajstić information content (AvgIpc) is 2.48. The number of rotatable bonds is 5. The predicted molar refractivity (Wildman–Crippen MR) is 76.4 cm³/mol. The lowest BCUT2D eigenvalue weighted by molar-refractivity contribution is -0.119. The summed E-state index contributed by atoms with van der Waals surface area (Å²) in [5.74, 6) is 1.22. The minimum Gasteiger partial charge on any atom is -0.497 e. The molecule has 1 fully saturated rings. The molecule has 2 rings (SSSR count). The number of carbonyl (C=O) groups is 1. The number of ether oxygens (including phenoxy) is 3.